The molecule has 92 valence electrons. The number of nitrogens with zero attached hydrogens (tertiary/aromatic N) is 2. The zero-order valence-electron chi connectivity index (χ0n) is 9.77. The Kier molecular flexibility index (Phi) is 2.65. The lowest BCUT2D eigenvalue weighted by Gasteiger charge is -2.38. The van der Waals surface area contributed by atoms with Crippen LogP contribution in [0.1, 0.15) is 35.3 Å². The van der Waals surface area contributed by atoms with Gasteiger partial charge < -0.3 is 9.84 Å². The molecule has 1 aliphatic rings. The number of methoxy groups -OCH3 is 1. The molecule has 6 heteroatoms. The van der Waals surface area contributed by atoms with Gasteiger partial charge in [-0.15, -0.1) is 0 Å². The molecule has 0 unspecified atom stereocenters. The van der Waals surface area contributed by atoms with Crippen LogP contribution in [-0.4, -0.2) is 33.9 Å². The van der Waals surface area contributed by atoms with E-state index in [9.17, 15) is 14.7 Å². The Morgan fingerprint density at radius 2 is 2.18 bits per heavy atom. The highest BCUT2D eigenvalue weighted by molar-refractivity contribution is 5.94. The van der Waals surface area contributed by atoms with E-state index >= 15 is 0 Å². The number of aryl methyl sites for hydroxylation is 1. The van der Waals surface area contributed by atoms with Gasteiger partial charge in [0.2, 0.25) is 0 Å². The molecule has 0 aromatic carbocycles. The zero-order chi connectivity index (χ0) is 12.6. The maximum absolute atomic E-state index is 11.6. The molecule has 6 nitrogen and oxygen atoms in total. The van der Waals surface area contributed by atoms with Crippen molar-refractivity contribution in [3.63, 3.8) is 0 Å². The monoisotopic (exact) mass is 238 g/mol. The number of carbonyl (C=O) groups excluding carboxylic acids is 1. The van der Waals surface area contributed by atoms with Gasteiger partial charge in [0, 0.05) is 7.05 Å². The molecule has 17 heavy (non-hydrogen) atoms. The molecule has 1 heterocycles. The Bertz CT molecular complexity index is 474. The summed E-state index contributed by atoms with van der Waals surface area (Å²) in [7, 11) is 2.91. The van der Waals surface area contributed by atoms with Gasteiger partial charge in [0.25, 0.3) is 0 Å². The van der Waals surface area contributed by atoms with Crippen LogP contribution in [0, 0.1) is 0 Å². The van der Waals surface area contributed by atoms with Gasteiger partial charge >= 0.3 is 11.9 Å². The second kappa shape index (κ2) is 3.87. The summed E-state index contributed by atoms with van der Waals surface area (Å²) >= 11 is 0. The Labute approximate surface area is 98.2 Å². The molecule has 1 saturated carbocycles. The van der Waals surface area contributed by atoms with Crippen molar-refractivity contribution in [3.05, 3.63) is 17.5 Å². The highest BCUT2D eigenvalue weighted by atomic mass is 16.5. The minimum Gasteiger partial charge on any atom is -0.481 e. The lowest BCUT2D eigenvalue weighted by molar-refractivity contribution is -0.147. The molecular weight excluding hydrogens is 224 g/mol. The third kappa shape index (κ3) is 1.51. The second-order valence-corrected chi connectivity index (χ2v) is 4.26. The quantitative estimate of drug-likeness (QED) is 0.784. The first kappa shape index (κ1) is 11.6. The molecule has 2 rings (SSSR count). The third-order valence-corrected chi connectivity index (χ3v) is 3.41. The highest BCUT2D eigenvalue weighted by Crippen LogP contribution is 2.45. The van der Waals surface area contributed by atoms with Crippen molar-refractivity contribution >= 4 is 11.9 Å². The van der Waals surface area contributed by atoms with E-state index in [1.54, 1.807) is 7.05 Å². The number of hydrogen-bond donors (Lipinski definition) is 1. The van der Waals surface area contributed by atoms with Crippen LogP contribution in [0.15, 0.2) is 6.20 Å². The van der Waals surface area contributed by atoms with E-state index in [-0.39, 0.29) is 5.56 Å². The van der Waals surface area contributed by atoms with Gasteiger partial charge in [-0.1, -0.05) is 6.42 Å². The summed E-state index contributed by atoms with van der Waals surface area (Å²) in [6.45, 7) is 0. The van der Waals surface area contributed by atoms with E-state index in [2.05, 4.69) is 9.84 Å². The number of carboxylic acids is 1. The number of carboxylic acid groups (broad SMARTS) is 1. The molecule has 1 aromatic heterocycles. The van der Waals surface area contributed by atoms with Crippen LogP contribution in [0.5, 0.6) is 0 Å². The molecule has 0 saturated heterocycles. The number of rotatable bonds is 3. The Balaban J connectivity index is 2.54. The molecule has 0 amide bonds. The molecule has 0 bridgehead atoms. The fourth-order valence-electron chi connectivity index (χ4n) is 2.35. The average molecular weight is 238 g/mol. The van der Waals surface area contributed by atoms with E-state index in [0.717, 1.165) is 6.42 Å². The first-order valence-electron chi connectivity index (χ1n) is 5.37. The number of ether oxygens (including phenoxy) is 1. The molecule has 1 fully saturated rings. The Morgan fingerprint density at radius 3 is 2.59 bits per heavy atom. The van der Waals surface area contributed by atoms with Gasteiger partial charge in [-0.3, -0.25) is 9.48 Å². The molecule has 0 atom stereocenters. The average Bonchev–Trinajstić information content (AvgIpc) is 2.58. The number of carbonyl (C=O) groups is 2. The van der Waals surface area contributed by atoms with Crippen LogP contribution < -0.4 is 0 Å². The van der Waals surface area contributed by atoms with Gasteiger partial charge in [0.1, 0.15) is 11.0 Å². The number of aliphatic carboxylic acids is 1. The van der Waals surface area contributed by atoms with Crippen LogP contribution in [0.4, 0.5) is 0 Å². The first-order chi connectivity index (χ1) is 8.03. The lowest BCUT2D eigenvalue weighted by Crippen LogP contribution is -2.45. The van der Waals surface area contributed by atoms with Crippen LogP contribution >= 0.6 is 0 Å². The van der Waals surface area contributed by atoms with E-state index in [4.69, 9.17) is 0 Å². The number of aromatic nitrogens is 2. The van der Waals surface area contributed by atoms with Crippen molar-refractivity contribution < 1.29 is 19.4 Å². The van der Waals surface area contributed by atoms with Crippen molar-refractivity contribution in [3.8, 4) is 0 Å². The van der Waals surface area contributed by atoms with E-state index in [0.29, 0.717) is 18.5 Å². The van der Waals surface area contributed by atoms with Crippen molar-refractivity contribution in [1.29, 1.82) is 0 Å². The van der Waals surface area contributed by atoms with Gasteiger partial charge in [0.05, 0.1) is 19.0 Å². The van der Waals surface area contributed by atoms with Gasteiger partial charge in [-0.05, 0) is 12.8 Å². The van der Waals surface area contributed by atoms with E-state index in [1.165, 1.54) is 18.0 Å². The van der Waals surface area contributed by atoms with Crippen LogP contribution in [0.3, 0.4) is 0 Å². The standard InChI is InChI=1S/C11H14N2O4/c1-13-8(7(6-12-13)9(14)17-2)11(10(15)16)4-3-5-11/h6H,3-5H2,1-2H3,(H,15,16). The number of esters is 1. The summed E-state index contributed by atoms with van der Waals surface area (Å²) in [6.07, 6.45) is 3.28. The normalized spacial score (nSPS) is 17.3. The van der Waals surface area contributed by atoms with E-state index in [1.807, 2.05) is 0 Å². The molecule has 1 aliphatic carbocycles. The fourth-order valence-corrected chi connectivity index (χ4v) is 2.35. The molecule has 0 aliphatic heterocycles. The van der Waals surface area contributed by atoms with Crippen LogP contribution in [0.2, 0.25) is 0 Å². The summed E-state index contributed by atoms with van der Waals surface area (Å²) in [5.74, 6) is -1.45. The van der Waals surface area contributed by atoms with Crippen molar-refractivity contribution in [2.75, 3.05) is 7.11 Å². The Hall–Kier alpha value is -1.85. The van der Waals surface area contributed by atoms with Crippen LogP contribution in [0.25, 0.3) is 0 Å². The second-order valence-electron chi connectivity index (χ2n) is 4.26. The van der Waals surface area contributed by atoms with Crippen molar-refractivity contribution in [2.45, 2.75) is 24.7 Å². The minimum absolute atomic E-state index is 0.247. The van der Waals surface area contributed by atoms with Gasteiger partial charge in [-0.2, -0.15) is 5.10 Å². The minimum atomic E-state index is -0.977. The van der Waals surface area contributed by atoms with E-state index < -0.39 is 17.4 Å². The predicted molar refractivity (Wildman–Crippen MR) is 57.7 cm³/mol. The summed E-state index contributed by atoms with van der Waals surface area (Å²) in [6, 6.07) is 0. The smallest absolute Gasteiger partial charge is 0.341 e. The topological polar surface area (TPSA) is 81.4 Å². The van der Waals surface area contributed by atoms with Gasteiger partial charge in [0.15, 0.2) is 0 Å². The maximum atomic E-state index is 11.6. The fraction of sp³-hybridized carbons (Fsp3) is 0.545. The SMILES string of the molecule is COC(=O)c1cnn(C)c1C1(C(=O)O)CCC1. The zero-order valence-corrected chi connectivity index (χ0v) is 9.77. The predicted octanol–water partition coefficient (Wildman–Crippen LogP) is 0.713. The molecule has 0 spiro atoms. The van der Waals surface area contributed by atoms with Gasteiger partial charge in [-0.25, -0.2) is 4.79 Å². The molecular formula is C11H14N2O4. The maximum Gasteiger partial charge on any atom is 0.341 e. The Morgan fingerprint density at radius 1 is 1.53 bits per heavy atom. The molecule has 1 N–H and O–H groups in total. The summed E-state index contributed by atoms with van der Waals surface area (Å²) < 4.78 is 6.11. The molecule has 1 aromatic rings. The lowest BCUT2D eigenvalue weighted by atomic mass is 9.65. The summed E-state index contributed by atoms with van der Waals surface area (Å²) in [5, 5.41) is 13.3. The first-order valence-corrected chi connectivity index (χ1v) is 5.37. The van der Waals surface area contributed by atoms with Crippen LogP contribution in [-0.2, 0) is 22.0 Å². The number of hydrogen-bond acceptors (Lipinski definition) is 4. The highest BCUT2D eigenvalue weighted by Gasteiger charge is 2.50. The largest absolute Gasteiger partial charge is 0.481 e. The van der Waals surface area contributed by atoms with Crippen molar-refractivity contribution in [2.24, 2.45) is 7.05 Å². The summed E-state index contributed by atoms with van der Waals surface area (Å²) in [4.78, 5) is 23.0. The van der Waals surface area contributed by atoms with Crippen molar-refractivity contribution in [1.82, 2.24) is 9.78 Å². The summed E-state index contributed by atoms with van der Waals surface area (Å²) in [5.41, 5.74) is -0.283. The third-order valence-electron chi connectivity index (χ3n) is 3.41. The molecule has 0 radical (unpaired) electrons.